The molecule has 0 heterocycles. The molecule has 1 heteroatoms. The first kappa shape index (κ1) is 41.0. The molecule has 0 N–H and O–H groups in total. The fraction of sp³-hybridized carbons (Fsp3) is 1.00. The van der Waals surface area contributed by atoms with Gasteiger partial charge in [0.1, 0.15) is 0 Å². The van der Waals surface area contributed by atoms with Crippen molar-refractivity contribution in [1.29, 1.82) is 0 Å². The molecule has 0 aromatic carbocycles. The van der Waals surface area contributed by atoms with E-state index in [9.17, 15) is 0 Å². The first-order valence-electron chi connectivity index (χ1n) is 19.6. The van der Waals surface area contributed by atoms with Gasteiger partial charge in [-0.25, -0.2) is 0 Å². The molecule has 1 nitrogen and oxygen atoms in total. The molecule has 0 aliphatic heterocycles. The lowest BCUT2D eigenvalue weighted by Crippen LogP contribution is -2.55. The van der Waals surface area contributed by atoms with Crippen molar-refractivity contribution in [3.63, 3.8) is 0 Å². The van der Waals surface area contributed by atoms with Crippen molar-refractivity contribution in [2.24, 2.45) is 0 Å². The minimum Gasteiger partial charge on any atom is -0.293 e. The van der Waals surface area contributed by atoms with Gasteiger partial charge in [-0.15, -0.1) is 0 Å². The predicted molar refractivity (Wildman–Crippen MR) is 190 cm³/mol. The number of unbranched alkanes of at least 4 members (excludes halogenated alkanes) is 25. The zero-order valence-corrected chi connectivity index (χ0v) is 30.4. The van der Waals surface area contributed by atoms with E-state index < -0.39 is 0 Å². The summed E-state index contributed by atoms with van der Waals surface area (Å²) < 4.78 is 0. The third kappa shape index (κ3) is 25.0. The van der Waals surface area contributed by atoms with Crippen LogP contribution in [-0.2, 0) is 0 Å². The van der Waals surface area contributed by atoms with Crippen LogP contribution in [0.1, 0.15) is 241 Å². The van der Waals surface area contributed by atoms with Crippen LogP contribution < -0.4 is 0 Å². The second kappa shape index (κ2) is 28.7. The fourth-order valence-corrected chi connectivity index (χ4v) is 7.19. The lowest BCUT2D eigenvalue weighted by atomic mass is 9.85. The van der Waals surface area contributed by atoms with E-state index in [0.717, 1.165) is 0 Å². The van der Waals surface area contributed by atoms with E-state index in [1.165, 1.54) is 199 Å². The van der Waals surface area contributed by atoms with Gasteiger partial charge in [0.25, 0.3) is 0 Å². The van der Waals surface area contributed by atoms with Crippen LogP contribution in [0.3, 0.4) is 0 Å². The van der Waals surface area contributed by atoms with Crippen LogP contribution in [0.5, 0.6) is 0 Å². The Labute approximate surface area is 263 Å². The van der Waals surface area contributed by atoms with Gasteiger partial charge < -0.3 is 0 Å². The van der Waals surface area contributed by atoms with Gasteiger partial charge in [0, 0.05) is 11.1 Å². The Morgan fingerprint density at radius 2 is 0.512 bits per heavy atom. The highest BCUT2D eigenvalue weighted by molar-refractivity contribution is 4.92. The van der Waals surface area contributed by atoms with Crippen molar-refractivity contribution in [2.45, 2.75) is 252 Å². The van der Waals surface area contributed by atoms with Crippen molar-refractivity contribution in [3.8, 4) is 0 Å². The summed E-state index contributed by atoms with van der Waals surface area (Å²) in [4.78, 5) is 2.97. The number of hydrogen-bond acceptors (Lipinski definition) is 1. The minimum atomic E-state index is 0.309. The summed E-state index contributed by atoms with van der Waals surface area (Å²) in [6.45, 7) is 18.5. The van der Waals surface area contributed by atoms with Crippen molar-refractivity contribution in [1.82, 2.24) is 4.90 Å². The zero-order chi connectivity index (χ0) is 30.5. The lowest BCUT2D eigenvalue weighted by Gasteiger charge is -2.49. The molecule has 0 fully saturated rings. The van der Waals surface area contributed by atoms with Crippen LogP contribution in [0.4, 0.5) is 0 Å². The second-order valence-corrected chi connectivity index (χ2v) is 15.1. The monoisotopic (exact) mass is 578 g/mol. The van der Waals surface area contributed by atoms with Gasteiger partial charge in [0.15, 0.2) is 0 Å². The van der Waals surface area contributed by atoms with E-state index in [2.05, 4.69) is 53.4 Å². The van der Waals surface area contributed by atoms with Gasteiger partial charge in [0.2, 0.25) is 0 Å². The van der Waals surface area contributed by atoms with Crippen LogP contribution in [-0.4, -0.2) is 22.5 Å². The Morgan fingerprint density at radius 3 is 0.780 bits per heavy atom. The Hall–Kier alpha value is -0.0400. The van der Waals surface area contributed by atoms with Crippen LogP contribution in [0.15, 0.2) is 0 Å². The van der Waals surface area contributed by atoms with Gasteiger partial charge in [-0.05, 0) is 53.5 Å². The van der Waals surface area contributed by atoms with Gasteiger partial charge in [0.05, 0.1) is 0 Å². The highest BCUT2D eigenvalue weighted by atomic mass is 15.2. The van der Waals surface area contributed by atoms with E-state index in [1.54, 1.807) is 0 Å². The average molecular weight is 578 g/mol. The minimum absolute atomic E-state index is 0.309. The van der Waals surface area contributed by atoms with Crippen LogP contribution in [0.2, 0.25) is 0 Å². The Kier molecular flexibility index (Phi) is 28.7. The van der Waals surface area contributed by atoms with Crippen molar-refractivity contribution in [2.75, 3.05) is 6.54 Å². The summed E-state index contributed by atoms with van der Waals surface area (Å²) in [6.07, 6.45) is 42.9. The summed E-state index contributed by atoms with van der Waals surface area (Å²) in [5, 5.41) is 0. The molecule has 0 aliphatic carbocycles. The Balaban J connectivity index is 4.55. The molecule has 0 aliphatic rings. The molecule has 248 valence electrons. The van der Waals surface area contributed by atoms with Gasteiger partial charge in [-0.1, -0.05) is 194 Å². The molecule has 0 bridgehead atoms. The highest BCUT2D eigenvalue weighted by Crippen LogP contribution is 2.34. The van der Waals surface area contributed by atoms with Gasteiger partial charge in [-0.2, -0.15) is 0 Å². The molecule has 0 amide bonds. The topological polar surface area (TPSA) is 3.24 Å². The van der Waals surface area contributed by atoms with Crippen LogP contribution in [0, 0.1) is 0 Å². The molecule has 0 rings (SSSR count). The zero-order valence-electron chi connectivity index (χ0n) is 30.4. The first-order valence-corrected chi connectivity index (χ1v) is 19.6. The van der Waals surface area contributed by atoms with E-state index in [4.69, 9.17) is 0 Å². The van der Waals surface area contributed by atoms with E-state index >= 15 is 0 Å². The van der Waals surface area contributed by atoms with E-state index in [-0.39, 0.29) is 0 Å². The van der Waals surface area contributed by atoms with Crippen LogP contribution in [0.25, 0.3) is 0 Å². The van der Waals surface area contributed by atoms with Gasteiger partial charge in [-0.3, -0.25) is 4.90 Å². The summed E-state index contributed by atoms with van der Waals surface area (Å²) in [7, 11) is 0. The molecule has 0 spiro atoms. The molecular weight excluding hydrogens is 494 g/mol. The summed E-state index contributed by atoms with van der Waals surface area (Å²) >= 11 is 0. The maximum absolute atomic E-state index is 2.97. The Bertz CT molecular complexity index is 475. The number of nitrogens with zero attached hydrogens (tertiary/aromatic N) is 1. The van der Waals surface area contributed by atoms with Gasteiger partial charge >= 0.3 is 0 Å². The van der Waals surface area contributed by atoms with Crippen molar-refractivity contribution in [3.05, 3.63) is 0 Å². The molecule has 0 radical (unpaired) electrons. The number of rotatable bonds is 33. The molecule has 0 aromatic rings. The largest absolute Gasteiger partial charge is 0.293 e. The van der Waals surface area contributed by atoms with Crippen molar-refractivity contribution < 1.29 is 0 Å². The molecule has 0 aromatic heterocycles. The standard InChI is InChI=1S/C40H83N/c1-8-11-14-17-20-23-24-25-26-29-32-35-38-41(39(4,5)36-33-30-27-21-18-15-12-9-2)40(6,7)37-34-31-28-22-19-16-13-10-3/h8-38H2,1-7H3. The summed E-state index contributed by atoms with van der Waals surface area (Å²) in [5.74, 6) is 0. The first-order chi connectivity index (χ1) is 19.8. The Morgan fingerprint density at radius 1 is 0.293 bits per heavy atom. The van der Waals surface area contributed by atoms with E-state index in [0.29, 0.717) is 11.1 Å². The molecule has 0 unspecified atom stereocenters. The third-order valence-electron chi connectivity index (χ3n) is 9.98. The quantitative estimate of drug-likeness (QED) is 0.0701. The summed E-state index contributed by atoms with van der Waals surface area (Å²) in [6, 6.07) is 0. The maximum Gasteiger partial charge on any atom is 0.0158 e. The smallest absolute Gasteiger partial charge is 0.0158 e. The van der Waals surface area contributed by atoms with Crippen molar-refractivity contribution >= 4 is 0 Å². The van der Waals surface area contributed by atoms with Crippen LogP contribution >= 0.6 is 0 Å². The molecule has 0 atom stereocenters. The third-order valence-corrected chi connectivity index (χ3v) is 9.98. The summed E-state index contributed by atoms with van der Waals surface area (Å²) in [5.41, 5.74) is 0.618. The average Bonchev–Trinajstić information content (AvgIpc) is 2.94. The number of hydrogen-bond donors (Lipinski definition) is 0. The lowest BCUT2D eigenvalue weighted by molar-refractivity contribution is 0.00151. The fourth-order valence-electron chi connectivity index (χ4n) is 7.19. The molecule has 41 heavy (non-hydrogen) atoms. The molecular formula is C40H83N. The predicted octanol–water partition coefficient (Wildman–Crippen LogP) is 14.6. The molecule has 0 saturated carbocycles. The maximum atomic E-state index is 2.97. The second-order valence-electron chi connectivity index (χ2n) is 15.1. The SMILES string of the molecule is CCCCCCCCCCCCCCN(C(C)(C)CCCCCCCCCC)C(C)(C)CCCCCCCCCC. The van der Waals surface area contributed by atoms with E-state index in [1.807, 2.05) is 0 Å². The normalized spacial score (nSPS) is 12.6. The highest BCUT2D eigenvalue weighted by Gasteiger charge is 2.36. The molecule has 0 saturated heterocycles.